The summed E-state index contributed by atoms with van der Waals surface area (Å²) in [7, 11) is 1.37. The smallest absolute Gasteiger partial charge is 0.337 e. The summed E-state index contributed by atoms with van der Waals surface area (Å²) in [6.07, 6.45) is 2.25. The Morgan fingerprint density at radius 2 is 2.00 bits per heavy atom. The maximum absolute atomic E-state index is 11.2. The third-order valence-electron chi connectivity index (χ3n) is 3.05. The van der Waals surface area contributed by atoms with Crippen LogP contribution in [-0.2, 0) is 9.53 Å². The summed E-state index contributed by atoms with van der Waals surface area (Å²) in [4.78, 5) is 22.4. The molecular formula is C13H14O3. The van der Waals surface area contributed by atoms with Crippen LogP contribution in [0.15, 0.2) is 24.3 Å². The van der Waals surface area contributed by atoms with Crippen LogP contribution in [-0.4, -0.2) is 18.9 Å². The Kier molecular flexibility index (Phi) is 3.04. The lowest BCUT2D eigenvalue weighted by Gasteiger charge is -2.08. The van der Waals surface area contributed by atoms with Crippen molar-refractivity contribution in [3.8, 4) is 0 Å². The van der Waals surface area contributed by atoms with Gasteiger partial charge < -0.3 is 4.74 Å². The summed E-state index contributed by atoms with van der Waals surface area (Å²) in [6, 6.07) is 7.33. The zero-order chi connectivity index (χ0) is 11.5. The molecule has 16 heavy (non-hydrogen) atoms. The van der Waals surface area contributed by atoms with E-state index in [2.05, 4.69) is 4.74 Å². The SMILES string of the molecule is COC(=O)c1ccc([C@H]2CCC(=O)C2)cc1. The van der Waals surface area contributed by atoms with Crippen LogP contribution < -0.4 is 0 Å². The van der Waals surface area contributed by atoms with Crippen molar-refractivity contribution >= 4 is 11.8 Å². The molecule has 0 spiro atoms. The third kappa shape index (κ3) is 2.13. The molecule has 0 bridgehead atoms. The lowest BCUT2D eigenvalue weighted by molar-refractivity contribution is -0.117. The van der Waals surface area contributed by atoms with E-state index in [9.17, 15) is 9.59 Å². The predicted octanol–water partition coefficient (Wildman–Crippen LogP) is 2.31. The minimum absolute atomic E-state index is 0.325. The first-order valence-electron chi connectivity index (χ1n) is 5.40. The molecule has 1 aliphatic rings. The normalized spacial score (nSPS) is 19.8. The number of rotatable bonds is 2. The second-order valence-electron chi connectivity index (χ2n) is 4.09. The van der Waals surface area contributed by atoms with Gasteiger partial charge >= 0.3 is 5.97 Å². The highest BCUT2D eigenvalue weighted by atomic mass is 16.5. The molecule has 1 aromatic carbocycles. The van der Waals surface area contributed by atoms with Gasteiger partial charge in [-0.3, -0.25) is 4.79 Å². The number of ether oxygens (including phenoxy) is 1. The summed E-state index contributed by atoms with van der Waals surface area (Å²) in [5.41, 5.74) is 1.69. The number of methoxy groups -OCH3 is 1. The first-order chi connectivity index (χ1) is 7.70. The van der Waals surface area contributed by atoms with Gasteiger partial charge in [-0.05, 0) is 30.0 Å². The van der Waals surface area contributed by atoms with Crippen molar-refractivity contribution < 1.29 is 14.3 Å². The topological polar surface area (TPSA) is 43.4 Å². The first-order valence-corrected chi connectivity index (χ1v) is 5.40. The second kappa shape index (κ2) is 4.47. The minimum atomic E-state index is -0.325. The van der Waals surface area contributed by atoms with E-state index in [-0.39, 0.29) is 5.97 Å². The fourth-order valence-electron chi connectivity index (χ4n) is 2.11. The average molecular weight is 218 g/mol. The number of hydrogen-bond acceptors (Lipinski definition) is 3. The van der Waals surface area contributed by atoms with Crippen LogP contribution in [0.3, 0.4) is 0 Å². The molecule has 3 heteroatoms. The molecule has 0 unspecified atom stereocenters. The van der Waals surface area contributed by atoms with Gasteiger partial charge in [-0.1, -0.05) is 12.1 Å². The number of ketones is 1. The maximum atomic E-state index is 11.2. The summed E-state index contributed by atoms with van der Waals surface area (Å²) in [5.74, 6) is 0.343. The Bertz CT molecular complexity index is 406. The molecular weight excluding hydrogens is 204 g/mol. The Labute approximate surface area is 94.4 Å². The van der Waals surface area contributed by atoms with Crippen molar-refractivity contribution in [3.05, 3.63) is 35.4 Å². The molecule has 84 valence electrons. The average Bonchev–Trinajstić information content (AvgIpc) is 2.75. The zero-order valence-corrected chi connectivity index (χ0v) is 9.23. The van der Waals surface area contributed by atoms with E-state index < -0.39 is 0 Å². The van der Waals surface area contributed by atoms with Gasteiger partial charge in [0.05, 0.1) is 12.7 Å². The second-order valence-corrected chi connectivity index (χ2v) is 4.09. The van der Waals surface area contributed by atoms with Crippen molar-refractivity contribution in [3.63, 3.8) is 0 Å². The summed E-state index contributed by atoms with van der Waals surface area (Å²) in [5, 5.41) is 0. The van der Waals surface area contributed by atoms with E-state index in [1.165, 1.54) is 7.11 Å². The number of hydrogen-bond donors (Lipinski definition) is 0. The number of carbonyl (C=O) groups excluding carboxylic acids is 2. The van der Waals surface area contributed by atoms with Crippen molar-refractivity contribution in [2.45, 2.75) is 25.2 Å². The van der Waals surface area contributed by atoms with E-state index in [0.29, 0.717) is 30.1 Å². The van der Waals surface area contributed by atoms with Gasteiger partial charge in [0.2, 0.25) is 0 Å². The first kappa shape index (κ1) is 10.9. The summed E-state index contributed by atoms with van der Waals surface area (Å²) < 4.78 is 4.63. The van der Waals surface area contributed by atoms with Crippen molar-refractivity contribution in [2.24, 2.45) is 0 Å². The molecule has 3 nitrogen and oxygen atoms in total. The fourth-order valence-corrected chi connectivity index (χ4v) is 2.11. The number of esters is 1. The van der Waals surface area contributed by atoms with Crippen LogP contribution in [0, 0.1) is 0 Å². The molecule has 0 aliphatic heterocycles. The molecule has 2 rings (SSSR count). The van der Waals surface area contributed by atoms with E-state index >= 15 is 0 Å². The Hall–Kier alpha value is -1.64. The summed E-state index contributed by atoms with van der Waals surface area (Å²) >= 11 is 0. The van der Waals surface area contributed by atoms with Gasteiger partial charge in [0.1, 0.15) is 5.78 Å². The van der Waals surface area contributed by atoms with Crippen LogP contribution >= 0.6 is 0 Å². The Balaban J connectivity index is 2.13. The van der Waals surface area contributed by atoms with Crippen molar-refractivity contribution in [1.29, 1.82) is 0 Å². The van der Waals surface area contributed by atoms with E-state index in [1.54, 1.807) is 12.1 Å². The van der Waals surface area contributed by atoms with Gasteiger partial charge in [-0.15, -0.1) is 0 Å². The van der Waals surface area contributed by atoms with Crippen LogP contribution in [0.5, 0.6) is 0 Å². The lowest BCUT2D eigenvalue weighted by atomic mass is 9.97. The third-order valence-corrected chi connectivity index (χ3v) is 3.05. The highest BCUT2D eigenvalue weighted by Gasteiger charge is 2.23. The molecule has 0 aromatic heterocycles. The predicted molar refractivity (Wildman–Crippen MR) is 59.4 cm³/mol. The highest BCUT2D eigenvalue weighted by Crippen LogP contribution is 2.31. The molecule has 1 aromatic rings. The Morgan fingerprint density at radius 3 is 2.50 bits per heavy atom. The highest BCUT2D eigenvalue weighted by molar-refractivity contribution is 5.89. The minimum Gasteiger partial charge on any atom is -0.465 e. The van der Waals surface area contributed by atoms with Gasteiger partial charge in [-0.25, -0.2) is 4.79 Å². The van der Waals surface area contributed by atoms with E-state index in [0.717, 1.165) is 12.0 Å². The number of Topliss-reactive ketones (excluding diaryl/α,β-unsaturated/α-hetero) is 1. The van der Waals surface area contributed by atoms with Crippen LogP contribution in [0.25, 0.3) is 0 Å². The maximum Gasteiger partial charge on any atom is 0.337 e. The molecule has 0 N–H and O–H groups in total. The molecule has 1 fully saturated rings. The van der Waals surface area contributed by atoms with Gasteiger partial charge in [-0.2, -0.15) is 0 Å². The number of benzene rings is 1. The molecule has 0 amide bonds. The zero-order valence-electron chi connectivity index (χ0n) is 9.23. The molecule has 1 aliphatic carbocycles. The molecule has 1 atom stereocenters. The lowest BCUT2D eigenvalue weighted by Crippen LogP contribution is -2.01. The summed E-state index contributed by atoms with van der Waals surface area (Å²) in [6.45, 7) is 0. The van der Waals surface area contributed by atoms with E-state index in [4.69, 9.17) is 0 Å². The van der Waals surface area contributed by atoms with Crippen LogP contribution in [0.4, 0.5) is 0 Å². The van der Waals surface area contributed by atoms with Crippen LogP contribution in [0.2, 0.25) is 0 Å². The monoisotopic (exact) mass is 218 g/mol. The van der Waals surface area contributed by atoms with Crippen molar-refractivity contribution in [1.82, 2.24) is 0 Å². The molecule has 1 saturated carbocycles. The van der Waals surface area contributed by atoms with Crippen molar-refractivity contribution in [2.75, 3.05) is 7.11 Å². The largest absolute Gasteiger partial charge is 0.465 e. The fraction of sp³-hybridized carbons (Fsp3) is 0.385. The van der Waals surface area contributed by atoms with Gasteiger partial charge in [0.15, 0.2) is 0 Å². The molecule has 0 heterocycles. The quantitative estimate of drug-likeness (QED) is 0.715. The van der Waals surface area contributed by atoms with Gasteiger partial charge in [0, 0.05) is 12.8 Å². The van der Waals surface area contributed by atoms with Gasteiger partial charge in [0.25, 0.3) is 0 Å². The Morgan fingerprint density at radius 1 is 1.31 bits per heavy atom. The number of carbonyl (C=O) groups is 2. The molecule has 0 radical (unpaired) electrons. The van der Waals surface area contributed by atoms with E-state index in [1.807, 2.05) is 12.1 Å². The molecule has 0 saturated heterocycles. The standard InChI is InChI=1S/C13H14O3/c1-16-13(15)10-4-2-9(3-5-10)11-6-7-12(14)8-11/h2-5,11H,6-8H2,1H3/t11-/m0/s1. The van der Waals surface area contributed by atoms with Crippen LogP contribution in [0.1, 0.15) is 41.1 Å².